The Bertz CT molecular complexity index is 753. The minimum atomic E-state index is 0.579. The number of methoxy groups -OCH3 is 1. The van der Waals surface area contributed by atoms with Crippen LogP contribution in [-0.4, -0.2) is 45.4 Å². The minimum Gasteiger partial charge on any atom is -0.383 e. The lowest BCUT2D eigenvalue weighted by molar-refractivity contribution is 0.184. The molecule has 0 aliphatic carbocycles. The summed E-state index contributed by atoms with van der Waals surface area (Å²) in [5.41, 5.74) is 2.07. The van der Waals surface area contributed by atoms with E-state index in [0.717, 1.165) is 24.3 Å². The van der Waals surface area contributed by atoms with E-state index in [0.29, 0.717) is 24.9 Å². The van der Waals surface area contributed by atoms with Crippen LogP contribution in [0.4, 0.5) is 0 Å². The van der Waals surface area contributed by atoms with Crippen LogP contribution in [0.5, 0.6) is 0 Å². The van der Waals surface area contributed by atoms with Crippen LogP contribution in [0.3, 0.4) is 0 Å². The lowest BCUT2D eigenvalue weighted by Gasteiger charge is -2.15. The highest BCUT2D eigenvalue weighted by Crippen LogP contribution is 2.15. The van der Waals surface area contributed by atoms with Gasteiger partial charge in [0.05, 0.1) is 25.2 Å². The lowest BCUT2D eigenvalue weighted by atomic mass is 10.2. The molecule has 0 aliphatic heterocycles. The predicted molar refractivity (Wildman–Crippen MR) is 89.0 cm³/mol. The molecule has 0 amide bonds. The molecule has 0 radical (unpaired) electrons. The number of hydrogen-bond acceptors (Lipinski definition) is 6. The van der Waals surface area contributed by atoms with E-state index in [1.807, 2.05) is 49.9 Å². The topological polar surface area (TPSA) is 69.2 Å². The van der Waals surface area contributed by atoms with E-state index in [1.54, 1.807) is 7.11 Å². The first-order chi connectivity index (χ1) is 11.8. The van der Waals surface area contributed by atoms with Crippen molar-refractivity contribution in [1.82, 2.24) is 24.6 Å². The molecule has 3 aromatic rings. The molecule has 0 bridgehead atoms. The summed E-state index contributed by atoms with van der Waals surface area (Å²) in [5.74, 6) is 1.21. The van der Waals surface area contributed by atoms with Crippen LogP contribution >= 0.6 is 0 Å². The Hall–Kier alpha value is -2.51. The van der Waals surface area contributed by atoms with Crippen molar-refractivity contribution in [3.8, 4) is 11.4 Å². The Morgan fingerprint density at radius 2 is 2.04 bits per heavy atom. The van der Waals surface area contributed by atoms with E-state index in [4.69, 9.17) is 9.26 Å². The average Bonchev–Trinajstić information content (AvgIpc) is 3.23. The Kier molecular flexibility index (Phi) is 5.35. The van der Waals surface area contributed by atoms with Gasteiger partial charge in [-0.15, -0.1) is 0 Å². The Balaban J connectivity index is 1.60. The second-order valence-corrected chi connectivity index (χ2v) is 5.62. The van der Waals surface area contributed by atoms with Crippen molar-refractivity contribution in [2.24, 2.45) is 0 Å². The predicted octanol–water partition coefficient (Wildman–Crippen LogP) is 2.21. The third-order valence-electron chi connectivity index (χ3n) is 3.67. The van der Waals surface area contributed by atoms with E-state index < -0.39 is 0 Å². The van der Waals surface area contributed by atoms with Crippen LogP contribution in [-0.2, 0) is 24.4 Å². The summed E-state index contributed by atoms with van der Waals surface area (Å²) >= 11 is 0. The molecule has 0 aliphatic rings. The molecule has 1 aromatic carbocycles. The zero-order valence-corrected chi connectivity index (χ0v) is 13.9. The Morgan fingerprint density at radius 3 is 2.83 bits per heavy atom. The lowest BCUT2D eigenvalue weighted by Crippen LogP contribution is -2.20. The standard InChI is InChI=1S/C17H21N5O2/c1-21(11-15-10-18-13-22(15)8-9-23-2)12-16-19-17(20-24-16)14-6-4-3-5-7-14/h3-7,10,13H,8-9,11-12H2,1-2H3. The minimum absolute atomic E-state index is 0.579. The van der Waals surface area contributed by atoms with Gasteiger partial charge in [-0.3, -0.25) is 4.90 Å². The molecule has 0 N–H and O–H groups in total. The molecular formula is C17H21N5O2. The highest BCUT2D eigenvalue weighted by Gasteiger charge is 2.12. The number of aromatic nitrogens is 4. The highest BCUT2D eigenvalue weighted by atomic mass is 16.5. The van der Waals surface area contributed by atoms with E-state index in [9.17, 15) is 0 Å². The smallest absolute Gasteiger partial charge is 0.241 e. The first kappa shape index (κ1) is 16.4. The molecule has 126 valence electrons. The third-order valence-corrected chi connectivity index (χ3v) is 3.67. The fraction of sp³-hybridized carbons (Fsp3) is 0.353. The summed E-state index contributed by atoms with van der Waals surface area (Å²) in [6.07, 6.45) is 3.69. The summed E-state index contributed by atoms with van der Waals surface area (Å²) in [7, 11) is 3.71. The molecule has 0 atom stereocenters. The van der Waals surface area contributed by atoms with Crippen molar-refractivity contribution in [3.05, 3.63) is 54.4 Å². The number of nitrogens with zero attached hydrogens (tertiary/aromatic N) is 5. The van der Waals surface area contributed by atoms with Crippen LogP contribution in [0.1, 0.15) is 11.6 Å². The average molecular weight is 327 g/mol. The molecule has 0 fully saturated rings. The van der Waals surface area contributed by atoms with Crippen molar-refractivity contribution >= 4 is 0 Å². The van der Waals surface area contributed by atoms with Gasteiger partial charge in [-0.2, -0.15) is 4.98 Å². The molecule has 0 saturated heterocycles. The van der Waals surface area contributed by atoms with Crippen LogP contribution in [0.2, 0.25) is 0 Å². The second kappa shape index (κ2) is 7.85. The molecule has 2 aromatic heterocycles. The van der Waals surface area contributed by atoms with Crippen LogP contribution in [0, 0.1) is 0 Å². The van der Waals surface area contributed by atoms with Crippen molar-refractivity contribution in [1.29, 1.82) is 0 Å². The summed E-state index contributed by atoms with van der Waals surface area (Å²) < 4.78 is 12.6. The fourth-order valence-electron chi connectivity index (χ4n) is 2.46. The SMILES string of the molecule is COCCn1cncc1CN(C)Cc1nc(-c2ccccc2)no1. The van der Waals surface area contributed by atoms with Crippen molar-refractivity contribution in [3.63, 3.8) is 0 Å². The number of hydrogen-bond donors (Lipinski definition) is 0. The van der Waals surface area contributed by atoms with Crippen LogP contribution in [0.15, 0.2) is 47.4 Å². The van der Waals surface area contributed by atoms with Gasteiger partial charge in [-0.05, 0) is 7.05 Å². The number of rotatable bonds is 8. The number of ether oxygens (including phenoxy) is 1. The van der Waals surface area contributed by atoms with Gasteiger partial charge in [0.2, 0.25) is 11.7 Å². The van der Waals surface area contributed by atoms with Crippen molar-refractivity contribution in [2.45, 2.75) is 19.6 Å². The van der Waals surface area contributed by atoms with Gasteiger partial charge in [0.1, 0.15) is 0 Å². The van der Waals surface area contributed by atoms with E-state index in [2.05, 4.69) is 24.6 Å². The maximum absolute atomic E-state index is 5.36. The van der Waals surface area contributed by atoms with Gasteiger partial charge in [-0.25, -0.2) is 4.98 Å². The van der Waals surface area contributed by atoms with E-state index >= 15 is 0 Å². The summed E-state index contributed by atoms with van der Waals surface area (Å²) in [5, 5.41) is 4.05. The monoisotopic (exact) mass is 327 g/mol. The normalized spacial score (nSPS) is 11.3. The quantitative estimate of drug-likeness (QED) is 0.632. The van der Waals surface area contributed by atoms with Crippen molar-refractivity contribution < 1.29 is 9.26 Å². The fourth-order valence-corrected chi connectivity index (χ4v) is 2.46. The number of imidazole rings is 1. The molecule has 2 heterocycles. The van der Waals surface area contributed by atoms with Gasteiger partial charge >= 0.3 is 0 Å². The first-order valence-corrected chi connectivity index (χ1v) is 7.81. The summed E-state index contributed by atoms with van der Waals surface area (Å²) in [6, 6.07) is 9.81. The molecule has 24 heavy (non-hydrogen) atoms. The number of benzene rings is 1. The largest absolute Gasteiger partial charge is 0.383 e. The third kappa shape index (κ3) is 4.06. The Labute approximate surface area is 140 Å². The molecule has 7 nitrogen and oxygen atoms in total. The van der Waals surface area contributed by atoms with Crippen LogP contribution in [0.25, 0.3) is 11.4 Å². The van der Waals surface area contributed by atoms with Gasteiger partial charge in [0, 0.05) is 32.0 Å². The molecule has 7 heteroatoms. The molecule has 3 rings (SSSR count). The van der Waals surface area contributed by atoms with E-state index in [-0.39, 0.29) is 0 Å². The van der Waals surface area contributed by atoms with Crippen molar-refractivity contribution in [2.75, 3.05) is 20.8 Å². The van der Waals surface area contributed by atoms with E-state index in [1.165, 1.54) is 0 Å². The zero-order valence-electron chi connectivity index (χ0n) is 13.9. The van der Waals surface area contributed by atoms with Gasteiger partial charge in [0.25, 0.3) is 0 Å². The van der Waals surface area contributed by atoms with Gasteiger partial charge in [0.15, 0.2) is 0 Å². The van der Waals surface area contributed by atoms with Gasteiger partial charge in [-0.1, -0.05) is 35.5 Å². The molecule has 0 unspecified atom stereocenters. The van der Waals surface area contributed by atoms with Crippen LogP contribution < -0.4 is 0 Å². The summed E-state index contributed by atoms with van der Waals surface area (Å²) in [4.78, 5) is 10.8. The first-order valence-electron chi connectivity index (χ1n) is 7.81. The molecule has 0 saturated carbocycles. The second-order valence-electron chi connectivity index (χ2n) is 5.62. The van der Waals surface area contributed by atoms with Gasteiger partial charge < -0.3 is 13.8 Å². The maximum Gasteiger partial charge on any atom is 0.241 e. The summed E-state index contributed by atoms with van der Waals surface area (Å²) in [6.45, 7) is 2.78. The highest BCUT2D eigenvalue weighted by molar-refractivity contribution is 5.53. The molecule has 0 spiro atoms. The Morgan fingerprint density at radius 1 is 1.21 bits per heavy atom. The maximum atomic E-state index is 5.36. The molecular weight excluding hydrogens is 306 g/mol. The zero-order chi connectivity index (χ0) is 16.8.